The molecule has 0 unspecified atom stereocenters. The van der Waals surface area contributed by atoms with E-state index in [-0.39, 0.29) is 13.2 Å². The Morgan fingerprint density at radius 3 is 2.06 bits per heavy atom. The van der Waals surface area contributed by atoms with Gasteiger partial charge in [0.25, 0.3) is 0 Å². The van der Waals surface area contributed by atoms with Crippen LogP contribution in [0.3, 0.4) is 0 Å². The fourth-order valence-electron chi connectivity index (χ4n) is 3.19. The van der Waals surface area contributed by atoms with E-state index in [1.54, 1.807) is 0 Å². The minimum absolute atomic E-state index is 0.132. The monoisotopic (exact) mass is 437 g/mol. The van der Waals surface area contributed by atoms with Crippen LogP contribution in [0.2, 0.25) is 0 Å². The van der Waals surface area contributed by atoms with Gasteiger partial charge in [-0.1, -0.05) is 30.3 Å². The molecule has 1 heterocycles. The summed E-state index contributed by atoms with van der Waals surface area (Å²) in [4.78, 5) is 46.7. The lowest BCUT2D eigenvalue weighted by atomic mass is 9.96. The Morgan fingerprint density at radius 1 is 0.903 bits per heavy atom. The number of carbonyl (C=O) groups excluding carboxylic acids is 4. The molecule has 1 aliphatic heterocycles. The van der Waals surface area contributed by atoms with Crippen molar-refractivity contribution in [3.8, 4) is 0 Å². The largest absolute Gasteiger partial charge is 0.463 e. The fourth-order valence-corrected chi connectivity index (χ4v) is 3.19. The molecule has 1 saturated heterocycles. The second-order valence-electron chi connectivity index (χ2n) is 7.02. The summed E-state index contributed by atoms with van der Waals surface area (Å²) in [6, 6.07) is 8.25. The number of benzene rings is 1. The average molecular weight is 437 g/mol. The molecule has 170 valence electrons. The van der Waals surface area contributed by atoms with Crippen molar-refractivity contribution < 1.29 is 42.9 Å². The molecule has 31 heavy (non-hydrogen) atoms. The first kappa shape index (κ1) is 24.3. The third-order valence-electron chi connectivity index (χ3n) is 4.33. The first-order chi connectivity index (χ1) is 14.7. The lowest BCUT2D eigenvalue weighted by molar-refractivity contribution is -0.280. The van der Waals surface area contributed by atoms with E-state index in [4.69, 9.17) is 23.7 Å². The van der Waals surface area contributed by atoms with E-state index in [0.717, 1.165) is 5.56 Å². The van der Waals surface area contributed by atoms with Crippen molar-refractivity contribution in [1.29, 1.82) is 0 Å². The Labute approximate surface area is 180 Å². The summed E-state index contributed by atoms with van der Waals surface area (Å²) in [5, 5.41) is 2.65. The zero-order valence-corrected chi connectivity index (χ0v) is 17.9. The molecule has 1 N–H and O–H groups in total. The van der Waals surface area contributed by atoms with Gasteiger partial charge in [0.05, 0.1) is 6.61 Å². The molecule has 0 bridgehead atoms. The molecule has 0 aliphatic carbocycles. The van der Waals surface area contributed by atoms with Crippen LogP contribution in [0.5, 0.6) is 0 Å². The van der Waals surface area contributed by atoms with Gasteiger partial charge in [0, 0.05) is 27.7 Å². The van der Waals surface area contributed by atoms with E-state index in [1.807, 2.05) is 30.3 Å². The lowest BCUT2D eigenvalue weighted by Crippen LogP contribution is -2.66. The Bertz CT molecular complexity index is 782. The highest BCUT2D eigenvalue weighted by Crippen LogP contribution is 2.28. The number of hydrogen-bond donors (Lipinski definition) is 1. The number of carbonyl (C=O) groups is 4. The van der Waals surface area contributed by atoms with Gasteiger partial charge in [0.15, 0.2) is 18.5 Å². The summed E-state index contributed by atoms with van der Waals surface area (Å²) in [6.45, 7) is 4.72. The van der Waals surface area contributed by atoms with Crippen molar-refractivity contribution in [3.63, 3.8) is 0 Å². The maximum Gasteiger partial charge on any atom is 0.303 e. The Balaban J connectivity index is 2.35. The number of esters is 3. The molecule has 1 aromatic rings. The SMILES string of the molecule is CC(=O)N[C@@H]1[C@H](OCc2ccccc2)O[C@@H](COC(C)=O)[C@@H](OC(C)=O)[C@@H]1OC(C)=O. The summed E-state index contributed by atoms with van der Waals surface area (Å²) < 4.78 is 27.6. The molecule has 0 aromatic heterocycles. The topological polar surface area (TPSA) is 126 Å². The highest BCUT2D eigenvalue weighted by molar-refractivity contribution is 5.73. The minimum atomic E-state index is -1.14. The smallest absolute Gasteiger partial charge is 0.303 e. The normalized spacial score (nSPS) is 25.2. The van der Waals surface area contributed by atoms with Gasteiger partial charge in [-0.05, 0) is 5.56 Å². The first-order valence-electron chi connectivity index (χ1n) is 9.73. The number of rotatable bonds is 8. The Kier molecular flexibility index (Phi) is 8.95. The van der Waals surface area contributed by atoms with E-state index < -0.39 is 54.5 Å². The zero-order chi connectivity index (χ0) is 23.0. The summed E-state index contributed by atoms with van der Waals surface area (Å²) in [7, 11) is 0. The van der Waals surface area contributed by atoms with Crippen LogP contribution in [-0.2, 0) is 49.5 Å². The van der Waals surface area contributed by atoms with Crippen LogP contribution in [0.4, 0.5) is 0 Å². The lowest BCUT2D eigenvalue weighted by Gasteiger charge is -2.44. The predicted octanol–water partition coefficient (Wildman–Crippen LogP) is 0.859. The van der Waals surface area contributed by atoms with Crippen LogP contribution in [0.15, 0.2) is 30.3 Å². The van der Waals surface area contributed by atoms with Gasteiger partial charge in [-0.3, -0.25) is 19.2 Å². The number of hydrogen-bond acceptors (Lipinski definition) is 9. The van der Waals surface area contributed by atoms with Gasteiger partial charge in [0.1, 0.15) is 18.8 Å². The zero-order valence-electron chi connectivity index (χ0n) is 17.9. The highest BCUT2D eigenvalue weighted by Gasteiger charge is 2.51. The Hall–Kier alpha value is -2.98. The molecule has 1 aliphatic rings. The minimum Gasteiger partial charge on any atom is -0.463 e. The third kappa shape index (κ3) is 7.65. The molecular formula is C21H27NO9. The van der Waals surface area contributed by atoms with Gasteiger partial charge in [-0.25, -0.2) is 0 Å². The van der Waals surface area contributed by atoms with Gasteiger partial charge >= 0.3 is 17.9 Å². The van der Waals surface area contributed by atoms with Crippen molar-refractivity contribution in [2.45, 2.75) is 64.9 Å². The maximum absolute atomic E-state index is 11.8. The Morgan fingerprint density at radius 2 is 1.52 bits per heavy atom. The van der Waals surface area contributed by atoms with Gasteiger partial charge < -0.3 is 29.0 Å². The molecule has 1 amide bonds. The second-order valence-corrected chi connectivity index (χ2v) is 7.02. The summed E-state index contributed by atoms with van der Waals surface area (Å²) in [6.07, 6.45) is -4.36. The molecule has 1 aromatic carbocycles. The first-order valence-corrected chi connectivity index (χ1v) is 9.73. The van der Waals surface area contributed by atoms with Crippen LogP contribution in [0.25, 0.3) is 0 Å². The van der Waals surface area contributed by atoms with Gasteiger partial charge in [0.2, 0.25) is 5.91 Å². The standard InChI is InChI=1S/C21H27NO9/c1-12(23)22-18-20(30-15(4)26)19(29-14(3)25)17(11-27-13(2)24)31-21(18)28-10-16-8-6-5-7-9-16/h5-9,17-21H,10-11H2,1-4H3,(H,22,23)/t17-,18-,19+,20+,21+/m0/s1. The molecule has 0 radical (unpaired) electrons. The van der Waals surface area contributed by atoms with Crippen molar-refractivity contribution in [2.24, 2.45) is 0 Å². The van der Waals surface area contributed by atoms with Crippen LogP contribution >= 0.6 is 0 Å². The predicted molar refractivity (Wildman–Crippen MR) is 105 cm³/mol. The molecular weight excluding hydrogens is 410 g/mol. The van der Waals surface area contributed by atoms with E-state index in [1.165, 1.54) is 27.7 Å². The van der Waals surface area contributed by atoms with Crippen LogP contribution < -0.4 is 5.32 Å². The van der Waals surface area contributed by atoms with Crippen molar-refractivity contribution in [2.75, 3.05) is 6.61 Å². The molecule has 10 heteroatoms. The fraction of sp³-hybridized carbons (Fsp3) is 0.524. The summed E-state index contributed by atoms with van der Waals surface area (Å²) in [5.41, 5.74) is 0.843. The van der Waals surface area contributed by atoms with E-state index in [0.29, 0.717) is 0 Å². The molecule has 0 spiro atoms. The number of nitrogens with one attached hydrogen (secondary N) is 1. The third-order valence-corrected chi connectivity index (χ3v) is 4.33. The molecule has 1 fully saturated rings. The van der Waals surface area contributed by atoms with Gasteiger partial charge in [-0.15, -0.1) is 0 Å². The second kappa shape index (κ2) is 11.4. The molecule has 2 rings (SSSR count). The average Bonchev–Trinajstić information content (AvgIpc) is 2.68. The maximum atomic E-state index is 11.8. The van der Waals surface area contributed by atoms with E-state index in [2.05, 4.69) is 5.32 Å². The number of ether oxygens (including phenoxy) is 5. The van der Waals surface area contributed by atoms with Crippen molar-refractivity contribution >= 4 is 23.8 Å². The summed E-state index contributed by atoms with van der Waals surface area (Å²) >= 11 is 0. The van der Waals surface area contributed by atoms with E-state index >= 15 is 0 Å². The molecule has 5 atom stereocenters. The van der Waals surface area contributed by atoms with E-state index in [9.17, 15) is 19.2 Å². The van der Waals surface area contributed by atoms with Crippen LogP contribution in [-0.4, -0.2) is 61.1 Å². The number of amides is 1. The summed E-state index contributed by atoms with van der Waals surface area (Å²) in [5.74, 6) is -2.32. The molecule has 0 saturated carbocycles. The van der Waals surface area contributed by atoms with Crippen LogP contribution in [0, 0.1) is 0 Å². The van der Waals surface area contributed by atoms with Crippen molar-refractivity contribution in [3.05, 3.63) is 35.9 Å². The highest BCUT2D eigenvalue weighted by atomic mass is 16.7. The quantitative estimate of drug-likeness (QED) is 0.465. The van der Waals surface area contributed by atoms with Crippen LogP contribution in [0.1, 0.15) is 33.3 Å². The van der Waals surface area contributed by atoms with Crippen molar-refractivity contribution in [1.82, 2.24) is 5.32 Å². The molecule has 10 nitrogen and oxygen atoms in total. The van der Waals surface area contributed by atoms with Gasteiger partial charge in [-0.2, -0.15) is 0 Å².